The van der Waals surface area contributed by atoms with E-state index in [0.29, 0.717) is 6.54 Å². The maximum atomic E-state index is 11.9. The first kappa shape index (κ1) is 14.9. The molecule has 1 aromatic carbocycles. The van der Waals surface area contributed by atoms with Gasteiger partial charge >= 0.3 is 6.09 Å². The Labute approximate surface area is 121 Å². The Morgan fingerprint density at radius 3 is 2.90 bits per heavy atom. The Kier molecular flexibility index (Phi) is 5.45. The summed E-state index contributed by atoms with van der Waals surface area (Å²) in [5, 5.41) is 0. The van der Waals surface area contributed by atoms with Crippen LogP contribution in [-0.4, -0.2) is 23.6 Å². The van der Waals surface area contributed by atoms with E-state index in [2.05, 4.69) is 32.0 Å². The highest BCUT2D eigenvalue weighted by atomic mass is 16.6. The maximum absolute atomic E-state index is 11.9. The van der Waals surface area contributed by atoms with E-state index in [9.17, 15) is 4.79 Å². The normalized spacial score (nSPS) is 18.4. The third-order valence-corrected chi connectivity index (χ3v) is 3.79. The van der Waals surface area contributed by atoms with Gasteiger partial charge in [-0.2, -0.15) is 0 Å². The predicted octanol–water partition coefficient (Wildman–Crippen LogP) is 4.29. The van der Waals surface area contributed by atoms with Crippen LogP contribution >= 0.6 is 0 Å². The van der Waals surface area contributed by atoms with Crippen LogP contribution in [0.1, 0.15) is 50.2 Å². The van der Waals surface area contributed by atoms with Gasteiger partial charge in [-0.15, -0.1) is 0 Å². The van der Waals surface area contributed by atoms with Crippen molar-refractivity contribution in [2.24, 2.45) is 0 Å². The van der Waals surface area contributed by atoms with Crippen LogP contribution in [0.15, 0.2) is 24.3 Å². The van der Waals surface area contributed by atoms with Gasteiger partial charge in [-0.25, -0.2) is 4.79 Å². The predicted molar refractivity (Wildman–Crippen MR) is 80.6 cm³/mol. The van der Waals surface area contributed by atoms with Crippen molar-refractivity contribution in [2.45, 2.75) is 58.6 Å². The molecular weight excluding hydrogens is 250 g/mol. The summed E-state index contributed by atoms with van der Waals surface area (Å²) in [6, 6.07) is 8.30. The zero-order valence-electron chi connectivity index (χ0n) is 12.6. The van der Waals surface area contributed by atoms with Crippen molar-refractivity contribution in [3.05, 3.63) is 35.4 Å². The van der Waals surface area contributed by atoms with Gasteiger partial charge in [0.25, 0.3) is 0 Å². The minimum Gasteiger partial charge on any atom is -0.444 e. The quantitative estimate of drug-likeness (QED) is 0.695. The van der Waals surface area contributed by atoms with Gasteiger partial charge in [-0.05, 0) is 25.3 Å². The van der Waals surface area contributed by atoms with Crippen molar-refractivity contribution in [1.29, 1.82) is 0 Å². The Bertz CT molecular complexity index is 444. The molecule has 1 fully saturated rings. The fraction of sp³-hybridized carbons (Fsp3) is 0.588. The van der Waals surface area contributed by atoms with Crippen LogP contribution in [0, 0.1) is 6.92 Å². The van der Waals surface area contributed by atoms with Gasteiger partial charge < -0.3 is 9.64 Å². The molecule has 3 nitrogen and oxygen atoms in total. The van der Waals surface area contributed by atoms with E-state index in [1.165, 1.54) is 30.4 Å². The van der Waals surface area contributed by atoms with E-state index < -0.39 is 0 Å². The van der Waals surface area contributed by atoms with E-state index in [-0.39, 0.29) is 12.2 Å². The number of benzene rings is 1. The Hall–Kier alpha value is -1.51. The lowest BCUT2D eigenvalue weighted by atomic mass is 10.1. The zero-order valence-corrected chi connectivity index (χ0v) is 12.6. The molecule has 1 aliphatic rings. The number of nitrogens with zero attached hydrogens (tertiary/aromatic N) is 1. The van der Waals surface area contributed by atoms with Crippen molar-refractivity contribution in [2.75, 3.05) is 6.54 Å². The number of amides is 1. The highest BCUT2D eigenvalue weighted by Gasteiger charge is 2.30. The number of carbonyl (C=O) groups excluding carboxylic acids is 1. The molecule has 20 heavy (non-hydrogen) atoms. The Balaban J connectivity index is 1.80. The minimum atomic E-state index is -0.160. The van der Waals surface area contributed by atoms with Crippen LogP contribution in [0.25, 0.3) is 0 Å². The molecule has 0 aliphatic carbocycles. The summed E-state index contributed by atoms with van der Waals surface area (Å²) < 4.78 is 5.44. The second-order valence-electron chi connectivity index (χ2n) is 5.72. The third kappa shape index (κ3) is 4.26. The summed E-state index contributed by atoms with van der Waals surface area (Å²) in [7, 11) is 0. The molecule has 1 amide bonds. The van der Waals surface area contributed by atoms with Crippen LogP contribution in [0.5, 0.6) is 0 Å². The summed E-state index contributed by atoms with van der Waals surface area (Å²) in [5.41, 5.74) is 2.40. The topological polar surface area (TPSA) is 29.5 Å². The SMILES string of the molecule is CCCCCCC1CN(Cc2cccc(C)c2)C(=O)O1. The van der Waals surface area contributed by atoms with Gasteiger partial charge in [-0.1, -0.05) is 56.0 Å². The first-order valence-electron chi connectivity index (χ1n) is 7.70. The molecule has 0 spiro atoms. The molecule has 1 atom stereocenters. The lowest BCUT2D eigenvalue weighted by Gasteiger charge is -2.13. The van der Waals surface area contributed by atoms with E-state index in [1.54, 1.807) is 0 Å². The van der Waals surface area contributed by atoms with Crippen LogP contribution in [-0.2, 0) is 11.3 Å². The van der Waals surface area contributed by atoms with Crippen LogP contribution in [0.4, 0.5) is 4.79 Å². The molecule has 3 heteroatoms. The largest absolute Gasteiger partial charge is 0.444 e. The van der Waals surface area contributed by atoms with E-state index in [0.717, 1.165) is 19.4 Å². The second-order valence-corrected chi connectivity index (χ2v) is 5.72. The lowest BCUT2D eigenvalue weighted by Crippen LogP contribution is -2.24. The van der Waals surface area contributed by atoms with E-state index in [4.69, 9.17) is 4.74 Å². The average Bonchev–Trinajstić information content (AvgIpc) is 2.75. The monoisotopic (exact) mass is 275 g/mol. The first-order valence-corrected chi connectivity index (χ1v) is 7.70. The van der Waals surface area contributed by atoms with Crippen molar-refractivity contribution < 1.29 is 9.53 Å². The smallest absolute Gasteiger partial charge is 0.410 e. The van der Waals surface area contributed by atoms with Gasteiger partial charge in [0.2, 0.25) is 0 Å². The van der Waals surface area contributed by atoms with Crippen molar-refractivity contribution in [3.63, 3.8) is 0 Å². The second kappa shape index (κ2) is 7.32. The highest BCUT2D eigenvalue weighted by molar-refractivity contribution is 5.69. The highest BCUT2D eigenvalue weighted by Crippen LogP contribution is 2.19. The van der Waals surface area contributed by atoms with Crippen LogP contribution in [0.2, 0.25) is 0 Å². The summed E-state index contributed by atoms with van der Waals surface area (Å²) in [6.45, 7) is 5.67. The number of hydrogen-bond donors (Lipinski definition) is 0. The zero-order chi connectivity index (χ0) is 14.4. The van der Waals surface area contributed by atoms with Crippen molar-refractivity contribution >= 4 is 6.09 Å². The fourth-order valence-electron chi connectivity index (χ4n) is 2.68. The van der Waals surface area contributed by atoms with Gasteiger partial charge in [-0.3, -0.25) is 0 Å². The average molecular weight is 275 g/mol. The number of carbonyl (C=O) groups is 1. The third-order valence-electron chi connectivity index (χ3n) is 3.79. The number of unbranched alkanes of at least 4 members (excludes halogenated alkanes) is 3. The fourth-order valence-corrected chi connectivity index (χ4v) is 2.68. The number of aryl methyl sites for hydroxylation is 1. The summed E-state index contributed by atoms with van der Waals surface area (Å²) in [4.78, 5) is 13.7. The molecular formula is C17H25NO2. The summed E-state index contributed by atoms with van der Waals surface area (Å²) in [5.74, 6) is 0. The molecule has 1 saturated heterocycles. The number of hydrogen-bond acceptors (Lipinski definition) is 2. The molecule has 1 aromatic rings. The van der Waals surface area contributed by atoms with Gasteiger partial charge in [0, 0.05) is 6.54 Å². The molecule has 0 aromatic heterocycles. The molecule has 1 heterocycles. The minimum absolute atomic E-state index is 0.0872. The standard InChI is InChI=1S/C17H25NO2/c1-3-4-5-6-10-16-13-18(17(19)20-16)12-15-9-7-8-14(2)11-15/h7-9,11,16H,3-6,10,12-13H2,1-2H3. The molecule has 1 aliphatic heterocycles. The molecule has 2 rings (SSSR count). The molecule has 0 radical (unpaired) electrons. The molecule has 1 unspecified atom stereocenters. The van der Waals surface area contributed by atoms with Crippen LogP contribution < -0.4 is 0 Å². The Morgan fingerprint density at radius 2 is 2.15 bits per heavy atom. The van der Waals surface area contributed by atoms with Gasteiger partial charge in [0.05, 0.1) is 6.54 Å². The summed E-state index contributed by atoms with van der Waals surface area (Å²) in [6.07, 6.45) is 5.83. The first-order chi connectivity index (χ1) is 9.69. The van der Waals surface area contributed by atoms with Gasteiger partial charge in [0.1, 0.15) is 6.10 Å². The van der Waals surface area contributed by atoms with Crippen molar-refractivity contribution in [3.8, 4) is 0 Å². The number of cyclic esters (lactones) is 1. The lowest BCUT2D eigenvalue weighted by molar-refractivity contribution is 0.127. The Morgan fingerprint density at radius 1 is 1.30 bits per heavy atom. The summed E-state index contributed by atoms with van der Waals surface area (Å²) >= 11 is 0. The molecule has 0 bridgehead atoms. The van der Waals surface area contributed by atoms with E-state index >= 15 is 0 Å². The number of rotatable bonds is 7. The molecule has 110 valence electrons. The van der Waals surface area contributed by atoms with Crippen molar-refractivity contribution in [1.82, 2.24) is 4.90 Å². The van der Waals surface area contributed by atoms with Crippen LogP contribution in [0.3, 0.4) is 0 Å². The molecule has 0 saturated carbocycles. The number of ether oxygens (including phenoxy) is 1. The van der Waals surface area contributed by atoms with Gasteiger partial charge in [0.15, 0.2) is 0 Å². The maximum Gasteiger partial charge on any atom is 0.410 e. The van der Waals surface area contributed by atoms with E-state index in [1.807, 2.05) is 11.0 Å². The molecule has 0 N–H and O–H groups in total.